The Hall–Kier alpha value is -1.88. The van der Waals surface area contributed by atoms with E-state index in [1.807, 2.05) is 12.3 Å². The van der Waals surface area contributed by atoms with E-state index in [0.717, 1.165) is 22.9 Å². The van der Waals surface area contributed by atoms with Gasteiger partial charge in [0.1, 0.15) is 0 Å². The number of benzene rings is 1. The van der Waals surface area contributed by atoms with Gasteiger partial charge in [0.15, 0.2) is 5.13 Å². The molecule has 0 unspecified atom stereocenters. The van der Waals surface area contributed by atoms with Crippen molar-refractivity contribution in [1.29, 1.82) is 0 Å². The first-order valence-corrected chi connectivity index (χ1v) is 8.07. The molecular weight excluding hydrogens is 282 g/mol. The number of rotatable bonds is 6. The Morgan fingerprint density at radius 3 is 2.57 bits per heavy atom. The van der Waals surface area contributed by atoms with E-state index in [1.54, 1.807) is 11.8 Å². The zero-order valence-electron chi connectivity index (χ0n) is 12.7. The van der Waals surface area contributed by atoms with Gasteiger partial charge in [-0.2, -0.15) is 0 Å². The molecule has 1 N–H and O–H groups in total. The standard InChI is InChI=1S/C16H21N3OS/c1-4-13-6-8-14(9-7-13)17-10-15-11-21-16(18-15)19(5-2)12(3)20/h6-9,11,17H,4-5,10H2,1-3H3. The van der Waals surface area contributed by atoms with E-state index >= 15 is 0 Å². The molecule has 2 rings (SSSR count). The highest BCUT2D eigenvalue weighted by Gasteiger charge is 2.13. The second-order valence-corrected chi connectivity index (χ2v) is 5.63. The smallest absolute Gasteiger partial charge is 0.225 e. The van der Waals surface area contributed by atoms with Crippen LogP contribution in [0.1, 0.15) is 32.0 Å². The summed E-state index contributed by atoms with van der Waals surface area (Å²) in [7, 11) is 0. The number of carbonyl (C=O) groups excluding carboxylic acids is 1. The Morgan fingerprint density at radius 1 is 1.29 bits per heavy atom. The van der Waals surface area contributed by atoms with Crippen molar-refractivity contribution >= 4 is 28.1 Å². The molecule has 112 valence electrons. The predicted octanol–water partition coefficient (Wildman–Crippen LogP) is 3.69. The number of anilines is 2. The van der Waals surface area contributed by atoms with Gasteiger partial charge < -0.3 is 5.32 Å². The summed E-state index contributed by atoms with van der Waals surface area (Å²) < 4.78 is 0. The number of amides is 1. The van der Waals surface area contributed by atoms with Crippen LogP contribution >= 0.6 is 11.3 Å². The van der Waals surface area contributed by atoms with Gasteiger partial charge in [-0.1, -0.05) is 19.1 Å². The van der Waals surface area contributed by atoms with Crippen LogP contribution in [0.2, 0.25) is 0 Å². The average Bonchev–Trinajstić information content (AvgIpc) is 2.94. The van der Waals surface area contributed by atoms with Crippen molar-refractivity contribution in [2.45, 2.75) is 33.7 Å². The molecule has 1 amide bonds. The Morgan fingerprint density at radius 2 is 2.00 bits per heavy atom. The minimum absolute atomic E-state index is 0.0292. The first-order valence-electron chi connectivity index (χ1n) is 7.19. The van der Waals surface area contributed by atoms with Crippen LogP contribution in [0.5, 0.6) is 0 Å². The van der Waals surface area contributed by atoms with Gasteiger partial charge >= 0.3 is 0 Å². The Balaban J connectivity index is 1.97. The molecule has 0 bridgehead atoms. The summed E-state index contributed by atoms with van der Waals surface area (Å²) in [6, 6.07) is 8.42. The summed E-state index contributed by atoms with van der Waals surface area (Å²) in [6.45, 7) is 6.98. The highest BCUT2D eigenvalue weighted by Crippen LogP contribution is 2.21. The Bertz CT molecular complexity index is 592. The average molecular weight is 303 g/mol. The van der Waals surface area contributed by atoms with Crippen LogP contribution in [0.25, 0.3) is 0 Å². The molecule has 2 aromatic rings. The predicted molar refractivity (Wildman–Crippen MR) is 89.0 cm³/mol. The number of nitrogens with one attached hydrogen (secondary N) is 1. The van der Waals surface area contributed by atoms with Crippen LogP contribution in [0.15, 0.2) is 29.6 Å². The summed E-state index contributed by atoms with van der Waals surface area (Å²) in [4.78, 5) is 17.7. The fourth-order valence-corrected chi connectivity index (χ4v) is 2.98. The molecule has 0 fully saturated rings. The highest BCUT2D eigenvalue weighted by molar-refractivity contribution is 7.14. The molecule has 0 aliphatic rings. The van der Waals surface area contributed by atoms with Crippen LogP contribution in [-0.2, 0) is 17.8 Å². The van der Waals surface area contributed by atoms with E-state index in [1.165, 1.54) is 16.9 Å². The van der Waals surface area contributed by atoms with Crippen molar-refractivity contribution in [2.75, 3.05) is 16.8 Å². The molecule has 4 nitrogen and oxygen atoms in total. The first-order chi connectivity index (χ1) is 10.1. The zero-order valence-corrected chi connectivity index (χ0v) is 13.5. The summed E-state index contributed by atoms with van der Waals surface area (Å²) in [5, 5.41) is 6.11. The first kappa shape index (κ1) is 15.5. The number of aromatic nitrogens is 1. The van der Waals surface area contributed by atoms with Gasteiger partial charge in [-0.15, -0.1) is 11.3 Å². The maximum Gasteiger partial charge on any atom is 0.225 e. The quantitative estimate of drug-likeness (QED) is 0.885. The fourth-order valence-electron chi connectivity index (χ4n) is 2.04. The molecule has 0 aliphatic heterocycles. The molecule has 0 atom stereocenters. The SMILES string of the molecule is CCc1ccc(NCc2csc(N(CC)C(C)=O)n2)cc1. The van der Waals surface area contributed by atoms with Gasteiger partial charge in [0, 0.05) is 24.5 Å². The molecule has 21 heavy (non-hydrogen) atoms. The van der Waals surface area contributed by atoms with Crippen LogP contribution in [-0.4, -0.2) is 17.4 Å². The number of thiazole rings is 1. The number of nitrogens with zero attached hydrogens (tertiary/aromatic N) is 2. The van der Waals surface area contributed by atoms with Crippen molar-refractivity contribution in [3.63, 3.8) is 0 Å². The third-order valence-corrected chi connectivity index (χ3v) is 4.22. The van der Waals surface area contributed by atoms with E-state index < -0.39 is 0 Å². The summed E-state index contributed by atoms with van der Waals surface area (Å²) in [6.07, 6.45) is 1.05. The lowest BCUT2D eigenvalue weighted by Gasteiger charge is -2.14. The second-order valence-electron chi connectivity index (χ2n) is 4.79. The molecular formula is C16H21N3OS. The van der Waals surface area contributed by atoms with Crippen molar-refractivity contribution in [3.8, 4) is 0 Å². The van der Waals surface area contributed by atoms with E-state index in [9.17, 15) is 4.79 Å². The normalized spacial score (nSPS) is 10.4. The maximum absolute atomic E-state index is 11.5. The van der Waals surface area contributed by atoms with Crippen molar-refractivity contribution in [3.05, 3.63) is 40.9 Å². The zero-order chi connectivity index (χ0) is 15.2. The van der Waals surface area contributed by atoms with Gasteiger partial charge in [-0.3, -0.25) is 9.69 Å². The molecule has 1 aromatic heterocycles. The van der Waals surface area contributed by atoms with Gasteiger partial charge in [0.2, 0.25) is 5.91 Å². The van der Waals surface area contributed by atoms with Crippen molar-refractivity contribution in [1.82, 2.24) is 4.98 Å². The molecule has 0 saturated heterocycles. The molecule has 0 aliphatic carbocycles. The van der Waals surface area contributed by atoms with Crippen LogP contribution in [0, 0.1) is 0 Å². The number of carbonyl (C=O) groups is 1. The lowest BCUT2D eigenvalue weighted by molar-refractivity contribution is -0.116. The molecule has 0 radical (unpaired) electrons. The van der Waals surface area contributed by atoms with Crippen LogP contribution in [0.4, 0.5) is 10.8 Å². The van der Waals surface area contributed by atoms with Crippen molar-refractivity contribution < 1.29 is 4.79 Å². The lowest BCUT2D eigenvalue weighted by Crippen LogP contribution is -2.27. The number of hydrogen-bond donors (Lipinski definition) is 1. The number of hydrogen-bond acceptors (Lipinski definition) is 4. The molecule has 1 aromatic carbocycles. The van der Waals surface area contributed by atoms with E-state index in [0.29, 0.717) is 13.1 Å². The van der Waals surface area contributed by atoms with Gasteiger partial charge in [0.25, 0.3) is 0 Å². The minimum Gasteiger partial charge on any atom is -0.379 e. The van der Waals surface area contributed by atoms with E-state index in [-0.39, 0.29) is 5.91 Å². The van der Waals surface area contributed by atoms with E-state index in [4.69, 9.17) is 0 Å². The van der Waals surface area contributed by atoms with Crippen LogP contribution < -0.4 is 10.2 Å². The summed E-state index contributed by atoms with van der Waals surface area (Å²) in [5.41, 5.74) is 3.37. The van der Waals surface area contributed by atoms with Gasteiger partial charge in [0.05, 0.1) is 12.2 Å². The largest absolute Gasteiger partial charge is 0.379 e. The van der Waals surface area contributed by atoms with Gasteiger partial charge in [-0.05, 0) is 31.0 Å². The lowest BCUT2D eigenvalue weighted by atomic mass is 10.1. The third-order valence-electron chi connectivity index (χ3n) is 3.30. The maximum atomic E-state index is 11.5. The minimum atomic E-state index is 0.0292. The monoisotopic (exact) mass is 303 g/mol. The number of aryl methyl sites for hydroxylation is 1. The topological polar surface area (TPSA) is 45.2 Å². The molecule has 5 heteroatoms. The fraction of sp³-hybridized carbons (Fsp3) is 0.375. The van der Waals surface area contributed by atoms with Crippen LogP contribution in [0.3, 0.4) is 0 Å². The van der Waals surface area contributed by atoms with Crippen molar-refractivity contribution in [2.24, 2.45) is 0 Å². The third kappa shape index (κ3) is 4.04. The van der Waals surface area contributed by atoms with E-state index in [2.05, 4.69) is 41.5 Å². The Labute approximate surface area is 129 Å². The molecule has 0 spiro atoms. The molecule has 0 saturated carbocycles. The summed E-state index contributed by atoms with van der Waals surface area (Å²) in [5.74, 6) is 0.0292. The van der Waals surface area contributed by atoms with Gasteiger partial charge in [-0.25, -0.2) is 4.98 Å². The Kier molecular flexibility index (Phi) is 5.33. The summed E-state index contributed by atoms with van der Waals surface area (Å²) >= 11 is 1.51. The second kappa shape index (κ2) is 7.22. The molecule has 1 heterocycles. The highest BCUT2D eigenvalue weighted by atomic mass is 32.1.